The number of rotatable bonds is 6. The molecule has 1 aromatic heterocycles. The van der Waals surface area contributed by atoms with E-state index < -0.39 is 10.0 Å². The second kappa shape index (κ2) is 9.89. The molecule has 1 aromatic carbocycles. The van der Waals surface area contributed by atoms with Crippen molar-refractivity contribution >= 4 is 15.6 Å². The molecule has 26 heavy (non-hydrogen) atoms. The number of benzene rings is 1. The summed E-state index contributed by atoms with van der Waals surface area (Å²) in [5.41, 5.74) is 3.41. The van der Waals surface area contributed by atoms with Gasteiger partial charge in [-0.3, -0.25) is 0 Å². The van der Waals surface area contributed by atoms with E-state index >= 15 is 0 Å². The van der Waals surface area contributed by atoms with Crippen molar-refractivity contribution in [3.05, 3.63) is 66.6 Å². The second-order valence-electron chi connectivity index (χ2n) is 5.23. The summed E-state index contributed by atoms with van der Waals surface area (Å²) in [6, 6.07) is 6.39. The van der Waals surface area contributed by atoms with Crippen LogP contribution in [0.5, 0.6) is 0 Å². The average molecular weight is 375 g/mol. The van der Waals surface area contributed by atoms with Crippen LogP contribution >= 0.6 is 0 Å². The molecule has 0 radical (unpaired) electrons. The molecule has 5 nitrogen and oxygen atoms in total. The van der Waals surface area contributed by atoms with Crippen LogP contribution in [0.3, 0.4) is 0 Å². The number of hydrogen-bond acceptors (Lipinski definition) is 4. The van der Waals surface area contributed by atoms with Crippen LogP contribution in [0, 0.1) is 0 Å². The Morgan fingerprint density at radius 3 is 2.35 bits per heavy atom. The highest BCUT2D eigenvalue weighted by Gasteiger charge is 2.18. The van der Waals surface area contributed by atoms with Crippen molar-refractivity contribution in [2.75, 3.05) is 0 Å². The normalized spacial score (nSPS) is 12.0. The van der Waals surface area contributed by atoms with Crippen LogP contribution in [0.25, 0.3) is 16.7 Å². The van der Waals surface area contributed by atoms with Crippen molar-refractivity contribution < 1.29 is 12.9 Å². The maximum absolute atomic E-state index is 11.4. The lowest BCUT2D eigenvalue weighted by Gasteiger charge is -2.05. The fourth-order valence-corrected chi connectivity index (χ4v) is 2.81. The van der Waals surface area contributed by atoms with Crippen LogP contribution in [0.15, 0.2) is 64.6 Å². The Balaban J connectivity index is 0.00000163. The zero-order valence-corrected chi connectivity index (χ0v) is 16.5. The third-order valence-electron chi connectivity index (χ3n) is 3.52. The summed E-state index contributed by atoms with van der Waals surface area (Å²) in [6.07, 6.45) is 7.98. The van der Waals surface area contributed by atoms with E-state index in [1.54, 1.807) is 18.2 Å². The predicted molar refractivity (Wildman–Crippen MR) is 107 cm³/mol. The van der Waals surface area contributed by atoms with E-state index in [4.69, 9.17) is 9.66 Å². The molecule has 6 heteroatoms. The third kappa shape index (κ3) is 5.28. The van der Waals surface area contributed by atoms with Gasteiger partial charge in [0.25, 0.3) is 0 Å². The van der Waals surface area contributed by atoms with E-state index in [0.717, 1.165) is 22.4 Å². The van der Waals surface area contributed by atoms with Crippen molar-refractivity contribution in [2.45, 2.75) is 39.0 Å². The number of hydrogen-bond donors (Lipinski definition) is 1. The van der Waals surface area contributed by atoms with Crippen molar-refractivity contribution in [1.82, 2.24) is 5.16 Å². The molecule has 0 unspecified atom stereocenters. The van der Waals surface area contributed by atoms with Gasteiger partial charge in [0, 0.05) is 0 Å². The molecule has 140 valence electrons. The van der Waals surface area contributed by atoms with Gasteiger partial charge in [0.15, 0.2) is 5.76 Å². The van der Waals surface area contributed by atoms with Gasteiger partial charge in [-0.25, -0.2) is 13.6 Å². The molecule has 0 spiro atoms. The number of sulfonamides is 1. The number of aryl methyl sites for hydroxylation is 1. The number of nitrogens with zero attached hydrogens (tertiary/aromatic N) is 1. The molecule has 0 aliphatic heterocycles. The Morgan fingerprint density at radius 2 is 1.85 bits per heavy atom. The number of allylic oxidation sites excluding steroid dienone is 5. The molecule has 0 bridgehead atoms. The smallest absolute Gasteiger partial charge is 0.238 e. The van der Waals surface area contributed by atoms with Crippen LogP contribution in [-0.4, -0.2) is 13.6 Å². The molecule has 0 aliphatic carbocycles. The molecule has 0 aliphatic rings. The molecule has 0 amide bonds. The predicted octanol–water partition coefficient (Wildman–Crippen LogP) is 4.72. The SMILES string of the molecule is C=C/C=C\C=C(/C)c1onc(CC)c1-c1ccc(S(N)(=O)=O)cc1.CC. The molecule has 2 rings (SSSR count). The quantitative estimate of drug-likeness (QED) is 0.741. The molecule has 2 aromatic rings. The lowest BCUT2D eigenvalue weighted by molar-refractivity contribution is 0.403. The minimum Gasteiger partial charge on any atom is -0.356 e. The summed E-state index contributed by atoms with van der Waals surface area (Å²) in [6.45, 7) is 11.5. The molecule has 0 atom stereocenters. The lowest BCUT2D eigenvalue weighted by Crippen LogP contribution is -2.11. The number of primary sulfonamides is 1. The van der Waals surface area contributed by atoms with E-state index in [1.807, 2.05) is 45.9 Å². The zero-order chi connectivity index (χ0) is 19.7. The van der Waals surface area contributed by atoms with Crippen LogP contribution in [0.4, 0.5) is 0 Å². The van der Waals surface area contributed by atoms with Crippen LogP contribution in [-0.2, 0) is 16.4 Å². The highest BCUT2D eigenvalue weighted by atomic mass is 32.2. The third-order valence-corrected chi connectivity index (χ3v) is 4.45. The van der Waals surface area contributed by atoms with Gasteiger partial charge in [-0.15, -0.1) is 0 Å². The largest absolute Gasteiger partial charge is 0.356 e. The number of aromatic nitrogens is 1. The Kier molecular flexibility index (Phi) is 8.22. The fraction of sp³-hybridized carbons (Fsp3) is 0.250. The van der Waals surface area contributed by atoms with E-state index in [0.29, 0.717) is 12.2 Å². The van der Waals surface area contributed by atoms with Gasteiger partial charge in [0.2, 0.25) is 10.0 Å². The monoisotopic (exact) mass is 374 g/mol. The molecular formula is C20H26N2O3S. The summed E-state index contributed by atoms with van der Waals surface area (Å²) in [7, 11) is -3.71. The maximum Gasteiger partial charge on any atom is 0.238 e. The molecular weight excluding hydrogens is 348 g/mol. The first-order chi connectivity index (χ1) is 12.4. The standard InChI is InChI=1S/C18H20N2O3S.C2H6/c1-4-6-7-8-13(3)18-17(16(5-2)20-23-18)14-9-11-15(12-10-14)24(19,21)22;1-2/h4,6-12H,1,5H2,2-3H3,(H2,19,21,22);1-2H3/b7-6-,13-8+;. The topological polar surface area (TPSA) is 86.2 Å². The maximum atomic E-state index is 11.4. The number of nitrogens with two attached hydrogens (primary N) is 1. The summed E-state index contributed by atoms with van der Waals surface area (Å²) in [5.74, 6) is 0.656. The molecule has 0 fully saturated rings. The van der Waals surface area contributed by atoms with E-state index in [-0.39, 0.29) is 4.90 Å². The van der Waals surface area contributed by atoms with Crippen molar-refractivity contribution in [1.29, 1.82) is 0 Å². The minimum absolute atomic E-state index is 0.0727. The summed E-state index contributed by atoms with van der Waals surface area (Å²) in [5, 5.41) is 9.27. The van der Waals surface area contributed by atoms with Gasteiger partial charge in [0.1, 0.15) is 0 Å². The van der Waals surface area contributed by atoms with Crippen LogP contribution < -0.4 is 5.14 Å². The van der Waals surface area contributed by atoms with Crippen molar-refractivity contribution in [3.8, 4) is 11.1 Å². The first-order valence-corrected chi connectivity index (χ1v) is 10.0. The fourth-order valence-electron chi connectivity index (χ4n) is 2.30. The molecule has 0 saturated heterocycles. The van der Waals surface area contributed by atoms with E-state index in [9.17, 15) is 8.42 Å². The van der Waals surface area contributed by atoms with Gasteiger partial charge in [-0.05, 0) is 36.6 Å². The Labute approximate surface area is 156 Å². The van der Waals surface area contributed by atoms with E-state index in [1.165, 1.54) is 12.1 Å². The van der Waals surface area contributed by atoms with Gasteiger partial charge in [-0.1, -0.05) is 68.9 Å². The highest BCUT2D eigenvalue weighted by molar-refractivity contribution is 7.89. The van der Waals surface area contributed by atoms with Gasteiger partial charge < -0.3 is 4.52 Å². The van der Waals surface area contributed by atoms with Crippen LogP contribution in [0.2, 0.25) is 0 Å². The Morgan fingerprint density at radius 1 is 1.23 bits per heavy atom. The molecule has 0 saturated carbocycles. The van der Waals surface area contributed by atoms with Crippen LogP contribution in [0.1, 0.15) is 39.1 Å². The van der Waals surface area contributed by atoms with Crippen molar-refractivity contribution in [3.63, 3.8) is 0 Å². The summed E-state index contributed by atoms with van der Waals surface area (Å²) < 4.78 is 28.3. The molecule has 2 N–H and O–H groups in total. The van der Waals surface area contributed by atoms with Gasteiger partial charge >= 0.3 is 0 Å². The van der Waals surface area contributed by atoms with Crippen molar-refractivity contribution in [2.24, 2.45) is 5.14 Å². The first kappa shape index (κ1) is 21.6. The summed E-state index contributed by atoms with van der Waals surface area (Å²) in [4.78, 5) is 0.0727. The minimum atomic E-state index is -3.71. The van der Waals surface area contributed by atoms with Gasteiger partial charge in [-0.2, -0.15) is 0 Å². The second-order valence-corrected chi connectivity index (χ2v) is 6.79. The van der Waals surface area contributed by atoms with E-state index in [2.05, 4.69) is 11.7 Å². The Bertz CT molecular complexity index is 890. The zero-order valence-electron chi connectivity index (χ0n) is 15.7. The highest BCUT2D eigenvalue weighted by Crippen LogP contribution is 2.33. The summed E-state index contributed by atoms with van der Waals surface area (Å²) >= 11 is 0. The Hall–Kier alpha value is -2.44. The molecule has 1 heterocycles. The first-order valence-electron chi connectivity index (χ1n) is 8.46. The average Bonchev–Trinajstić information content (AvgIpc) is 3.07. The lowest BCUT2D eigenvalue weighted by atomic mass is 9.99. The van der Waals surface area contributed by atoms with Gasteiger partial charge in [0.05, 0.1) is 16.2 Å².